The average Bonchev–Trinajstić information content (AvgIpc) is 2.11. The molecule has 0 atom stereocenters. The molecule has 0 fully saturated rings. The van der Waals surface area contributed by atoms with Crippen LogP contribution in [-0.4, -0.2) is 16.5 Å². The third-order valence-corrected chi connectivity index (χ3v) is 1.98. The quantitative estimate of drug-likeness (QED) is 0.437. The number of phenols is 1. The number of benzene rings is 1. The summed E-state index contributed by atoms with van der Waals surface area (Å²) in [7, 11) is 0. The van der Waals surface area contributed by atoms with Crippen LogP contribution in [0, 0.1) is 0 Å². The molecule has 0 amide bonds. The van der Waals surface area contributed by atoms with E-state index in [1.807, 2.05) is 6.92 Å². The Morgan fingerprint density at radius 2 is 2.23 bits per heavy atom. The van der Waals surface area contributed by atoms with Crippen LogP contribution in [0.15, 0.2) is 17.3 Å². The molecule has 0 aliphatic heterocycles. The fourth-order valence-electron chi connectivity index (χ4n) is 1.11. The van der Waals surface area contributed by atoms with Gasteiger partial charge in [0.2, 0.25) is 0 Å². The predicted molar refractivity (Wildman–Crippen MR) is 51.9 cm³/mol. The molecule has 4 heteroatoms. The first-order valence-electron chi connectivity index (χ1n) is 3.87. The summed E-state index contributed by atoms with van der Waals surface area (Å²) in [5.41, 5.74) is 1.16. The Morgan fingerprint density at radius 3 is 2.77 bits per heavy atom. The summed E-state index contributed by atoms with van der Waals surface area (Å²) in [5.74, 6) is 0.115. The van der Waals surface area contributed by atoms with Gasteiger partial charge in [0.05, 0.1) is 6.21 Å². The van der Waals surface area contributed by atoms with Crippen molar-refractivity contribution in [1.82, 2.24) is 0 Å². The second-order valence-corrected chi connectivity index (χ2v) is 3.04. The van der Waals surface area contributed by atoms with Gasteiger partial charge in [-0.05, 0) is 24.1 Å². The van der Waals surface area contributed by atoms with Crippen LogP contribution in [0.2, 0.25) is 5.02 Å². The summed E-state index contributed by atoms with van der Waals surface area (Å²) >= 11 is 5.78. The molecular formula is C9H10ClNO2. The van der Waals surface area contributed by atoms with Crippen molar-refractivity contribution in [2.45, 2.75) is 13.3 Å². The summed E-state index contributed by atoms with van der Waals surface area (Å²) in [5, 5.41) is 21.3. The summed E-state index contributed by atoms with van der Waals surface area (Å²) in [6, 6.07) is 3.22. The summed E-state index contributed by atoms with van der Waals surface area (Å²) in [6.07, 6.45) is 1.83. The van der Waals surface area contributed by atoms with Gasteiger partial charge in [-0.2, -0.15) is 0 Å². The highest BCUT2D eigenvalue weighted by molar-refractivity contribution is 6.31. The molecule has 0 spiro atoms. The molecule has 1 aromatic carbocycles. The molecule has 0 saturated carbocycles. The molecule has 0 aliphatic carbocycles. The first-order valence-corrected chi connectivity index (χ1v) is 4.25. The fourth-order valence-corrected chi connectivity index (χ4v) is 1.36. The number of rotatable bonds is 2. The molecule has 3 nitrogen and oxygen atoms in total. The third kappa shape index (κ3) is 2.12. The lowest BCUT2D eigenvalue weighted by molar-refractivity contribution is 0.321. The smallest absolute Gasteiger partial charge is 0.127 e. The van der Waals surface area contributed by atoms with Gasteiger partial charge in [0, 0.05) is 10.6 Å². The van der Waals surface area contributed by atoms with Crippen molar-refractivity contribution in [2.24, 2.45) is 5.16 Å². The van der Waals surface area contributed by atoms with Gasteiger partial charge in [0.15, 0.2) is 0 Å². The molecule has 70 valence electrons. The number of halogens is 1. The second-order valence-electron chi connectivity index (χ2n) is 2.60. The summed E-state index contributed by atoms with van der Waals surface area (Å²) in [6.45, 7) is 1.91. The molecule has 0 saturated heterocycles. The Bertz CT molecular complexity index is 337. The van der Waals surface area contributed by atoms with Gasteiger partial charge in [-0.15, -0.1) is 0 Å². The minimum absolute atomic E-state index is 0.115. The number of nitrogens with zero attached hydrogens (tertiary/aromatic N) is 1. The minimum atomic E-state index is 0.115. The number of hydrogen-bond donors (Lipinski definition) is 2. The van der Waals surface area contributed by atoms with Gasteiger partial charge in [-0.25, -0.2) is 0 Å². The van der Waals surface area contributed by atoms with Crippen LogP contribution in [-0.2, 0) is 6.42 Å². The largest absolute Gasteiger partial charge is 0.507 e. The molecular weight excluding hydrogens is 190 g/mol. The Labute approximate surface area is 81.3 Å². The molecule has 0 heterocycles. The first kappa shape index (κ1) is 9.86. The van der Waals surface area contributed by atoms with Gasteiger partial charge in [-0.1, -0.05) is 23.7 Å². The zero-order chi connectivity index (χ0) is 9.84. The SMILES string of the molecule is CCc1cc(Cl)cc(/C=N\O)c1O. The van der Waals surface area contributed by atoms with Crippen LogP contribution in [0.25, 0.3) is 0 Å². The topological polar surface area (TPSA) is 52.8 Å². The predicted octanol–water partition coefficient (Wildman–Crippen LogP) is 2.42. The zero-order valence-electron chi connectivity index (χ0n) is 7.16. The minimum Gasteiger partial charge on any atom is -0.507 e. The molecule has 13 heavy (non-hydrogen) atoms. The highest BCUT2D eigenvalue weighted by Crippen LogP contribution is 2.26. The van der Waals surface area contributed by atoms with Crippen LogP contribution < -0.4 is 0 Å². The Kier molecular flexibility index (Phi) is 3.14. The Balaban J connectivity index is 3.26. The fraction of sp³-hybridized carbons (Fsp3) is 0.222. The molecule has 0 unspecified atom stereocenters. The van der Waals surface area contributed by atoms with Crippen molar-refractivity contribution >= 4 is 17.8 Å². The maximum absolute atomic E-state index is 9.58. The molecule has 0 radical (unpaired) electrons. The number of phenolic OH excluding ortho intramolecular Hbond substituents is 1. The standard InChI is InChI=1S/C9H10ClNO2/c1-2-6-3-8(10)4-7(5-11-13)9(6)12/h3-5,12-13H,2H2,1H3/b11-5-. The summed E-state index contributed by atoms with van der Waals surface area (Å²) < 4.78 is 0. The molecule has 1 aromatic rings. The molecule has 2 N–H and O–H groups in total. The van der Waals surface area contributed by atoms with Gasteiger partial charge >= 0.3 is 0 Å². The van der Waals surface area contributed by atoms with Crippen molar-refractivity contribution in [2.75, 3.05) is 0 Å². The van der Waals surface area contributed by atoms with Crippen LogP contribution in [0.1, 0.15) is 18.1 Å². The van der Waals surface area contributed by atoms with Gasteiger partial charge in [-0.3, -0.25) is 0 Å². The van der Waals surface area contributed by atoms with Crippen LogP contribution in [0.5, 0.6) is 5.75 Å². The zero-order valence-corrected chi connectivity index (χ0v) is 7.91. The lowest BCUT2D eigenvalue weighted by atomic mass is 10.1. The molecule has 1 rings (SSSR count). The number of aryl methyl sites for hydroxylation is 1. The summed E-state index contributed by atoms with van der Waals surface area (Å²) in [4.78, 5) is 0. The van der Waals surface area contributed by atoms with Crippen LogP contribution in [0.4, 0.5) is 0 Å². The van der Waals surface area contributed by atoms with E-state index in [-0.39, 0.29) is 5.75 Å². The Hall–Kier alpha value is -1.22. The number of oxime groups is 1. The van der Waals surface area contributed by atoms with Gasteiger partial charge < -0.3 is 10.3 Å². The lowest BCUT2D eigenvalue weighted by Crippen LogP contribution is -1.89. The molecule has 0 aliphatic rings. The van der Waals surface area contributed by atoms with Crippen molar-refractivity contribution in [3.05, 3.63) is 28.3 Å². The molecule has 0 bridgehead atoms. The van der Waals surface area contributed by atoms with E-state index in [0.29, 0.717) is 17.0 Å². The van der Waals surface area contributed by atoms with E-state index < -0.39 is 0 Å². The normalized spacial score (nSPS) is 10.9. The van der Waals surface area contributed by atoms with Gasteiger partial charge in [0.25, 0.3) is 0 Å². The second kappa shape index (κ2) is 4.14. The maximum atomic E-state index is 9.58. The van der Waals surface area contributed by atoms with E-state index >= 15 is 0 Å². The van der Waals surface area contributed by atoms with E-state index in [2.05, 4.69) is 5.16 Å². The van der Waals surface area contributed by atoms with E-state index in [0.717, 1.165) is 11.8 Å². The van der Waals surface area contributed by atoms with E-state index in [1.165, 1.54) is 6.07 Å². The third-order valence-electron chi connectivity index (χ3n) is 1.76. The van der Waals surface area contributed by atoms with Crippen molar-refractivity contribution in [3.8, 4) is 5.75 Å². The highest BCUT2D eigenvalue weighted by atomic mass is 35.5. The monoisotopic (exact) mass is 199 g/mol. The van der Waals surface area contributed by atoms with Crippen molar-refractivity contribution in [3.63, 3.8) is 0 Å². The molecule has 0 aromatic heterocycles. The number of aromatic hydroxyl groups is 1. The number of hydrogen-bond acceptors (Lipinski definition) is 3. The maximum Gasteiger partial charge on any atom is 0.127 e. The van der Waals surface area contributed by atoms with E-state index in [1.54, 1.807) is 6.07 Å². The van der Waals surface area contributed by atoms with Crippen LogP contribution >= 0.6 is 11.6 Å². The lowest BCUT2D eigenvalue weighted by Gasteiger charge is -2.05. The van der Waals surface area contributed by atoms with E-state index in [9.17, 15) is 5.11 Å². The Morgan fingerprint density at radius 1 is 1.54 bits per heavy atom. The first-order chi connectivity index (χ1) is 6.19. The van der Waals surface area contributed by atoms with Crippen molar-refractivity contribution < 1.29 is 10.3 Å². The van der Waals surface area contributed by atoms with E-state index in [4.69, 9.17) is 16.8 Å². The van der Waals surface area contributed by atoms with Gasteiger partial charge in [0.1, 0.15) is 5.75 Å². The average molecular weight is 200 g/mol. The highest BCUT2D eigenvalue weighted by Gasteiger charge is 2.06. The van der Waals surface area contributed by atoms with Crippen molar-refractivity contribution in [1.29, 1.82) is 0 Å². The van der Waals surface area contributed by atoms with Crippen LogP contribution in [0.3, 0.4) is 0 Å².